The number of hydrogen-bond donors (Lipinski definition) is 0. The monoisotopic (exact) mass is 417 g/mol. The van der Waals surface area contributed by atoms with E-state index in [1.165, 1.54) is 19.2 Å². The molecule has 0 saturated heterocycles. The number of sulfonamides is 1. The van der Waals surface area contributed by atoms with E-state index in [9.17, 15) is 13.2 Å². The van der Waals surface area contributed by atoms with E-state index in [2.05, 4.69) is 15.9 Å². The van der Waals surface area contributed by atoms with Crippen molar-refractivity contribution in [1.29, 1.82) is 0 Å². The first-order chi connectivity index (χ1) is 9.70. The highest BCUT2D eigenvalue weighted by Crippen LogP contribution is 2.34. The number of halogens is 3. The molecule has 0 heterocycles. The molecule has 0 aliphatic heterocycles. The molecule has 1 aromatic carbocycles. The van der Waals surface area contributed by atoms with E-state index in [1.807, 2.05) is 0 Å². The smallest absolute Gasteiger partial charge is 0.307 e. The van der Waals surface area contributed by atoms with Gasteiger partial charge in [0.1, 0.15) is 4.90 Å². The summed E-state index contributed by atoms with van der Waals surface area (Å²) in [5, 5.41) is 0.0229. The number of benzene rings is 1. The van der Waals surface area contributed by atoms with Crippen molar-refractivity contribution in [2.75, 3.05) is 20.2 Å². The fourth-order valence-electron chi connectivity index (χ4n) is 1.53. The molecule has 0 bridgehead atoms. The van der Waals surface area contributed by atoms with Crippen molar-refractivity contribution in [3.8, 4) is 0 Å². The van der Waals surface area contributed by atoms with Crippen molar-refractivity contribution < 1.29 is 17.9 Å². The van der Waals surface area contributed by atoms with E-state index in [1.54, 1.807) is 6.92 Å². The van der Waals surface area contributed by atoms with Crippen LogP contribution in [0.2, 0.25) is 10.0 Å². The number of rotatable bonds is 6. The fourth-order valence-corrected chi connectivity index (χ4v) is 4.58. The maximum Gasteiger partial charge on any atom is 0.307 e. The van der Waals surface area contributed by atoms with Crippen LogP contribution in [0.4, 0.5) is 0 Å². The lowest BCUT2D eigenvalue weighted by Crippen LogP contribution is -2.30. The van der Waals surface area contributed by atoms with Crippen LogP contribution in [-0.2, 0) is 19.6 Å². The first-order valence-corrected chi connectivity index (χ1v) is 8.95. The van der Waals surface area contributed by atoms with Crippen molar-refractivity contribution in [3.63, 3.8) is 0 Å². The Hall–Kier alpha value is -0.340. The standard InChI is InChI=1S/C12H14BrCl2NO4S/c1-3-20-11(17)4-5-16(2)21(18,19)12-9(14)6-8(13)7-10(12)15/h6-7H,3-5H2,1-2H3. The maximum absolute atomic E-state index is 12.4. The molecule has 21 heavy (non-hydrogen) atoms. The average Bonchev–Trinajstić information content (AvgIpc) is 2.34. The van der Waals surface area contributed by atoms with Gasteiger partial charge in [-0.15, -0.1) is 0 Å². The largest absolute Gasteiger partial charge is 0.466 e. The summed E-state index contributed by atoms with van der Waals surface area (Å²) < 4.78 is 31.2. The SMILES string of the molecule is CCOC(=O)CCN(C)S(=O)(=O)c1c(Cl)cc(Br)cc1Cl. The second-order valence-corrected chi connectivity index (χ2v) is 7.79. The minimum Gasteiger partial charge on any atom is -0.466 e. The van der Waals surface area contributed by atoms with E-state index >= 15 is 0 Å². The third-order valence-corrected chi connectivity index (χ3v) is 5.80. The van der Waals surface area contributed by atoms with Crippen molar-refractivity contribution in [2.45, 2.75) is 18.2 Å². The summed E-state index contributed by atoms with van der Waals surface area (Å²) in [4.78, 5) is 11.1. The van der Waals surface area contributed by atoms with Crippen LogP contribution in [0, 0.1) is 0 Å². The normalized spacial score (nSPS) is 11.7. The summed E-state index contributed by atoms with van der Waals surface area (Å²) in [7, 11) is -2.54. The Morgan fingerprint density at radius 1 is 1.33 bits per heavy atom. The molecule has 0 atom stereocenters. The van der Waals surface area contributed by atoms with Crippen molar-refractivity contribution in [2.24, 2.45) is 0 Å². The number of carbonyl (C=O) groups excluding carboxylic acids is 1. The molecule has 1 rings (SSSR count). The molecule has 1 aromatic rings. The minimum atomic E-state index is -3.89. The van der Waals surface area contributed by atoms with E-state index in [0.717, 1.165) is 4.31 Å². The van der Waals surface area contributed by atoms with Gasteiger partial charge in [-0.05, 0) is 19.1 Å². The van der Waals surface area contributed by atoms with E-state index < -0.39 is 16.0 Å². The summed E-state index contributed by atoms with van der Waals surface area (Å²) in [5.74, 6) is -0.465. The van der Waals surface area contributed by atoms with Crippen LogP contribution in [0.1, 0.15) is 13.3 Å². The van der Waals surface area contributed by atoms with Crippen molar-refractivity contribution >= 4 is 55.1 Å². The maximum atomic E-state index is 12.4. The molecule has 0 spiro atoms. The molecule has 118 valence electrons. The molecular weight excluding hydrogens is 405 g/mol. The van der Waals surface area contributed by atoms with Crippen LogP contribution in [0.5, 0.6) is 0 Å². The molecule has 9 heteroatoms. The van der Waals surface area contributed by atoms with Crippen LogP contribution in [0.25, 0.3) is 0 Å². The van der Waals surface area contributed by atoms with Gasteiger partial charge in [-0.25, -0.2) is 12.7 Å². The summed E-state index contributed by atoms with van der Waals surface area (Å²) in [6.07, 6.45) is -0.0463. The molecule has 0 saturated carbocycles. The molecule has 0 fully saturated rings. The molecule has 0 N–H and O–H groups in total. The third-order valence-electron chi connectivity index (χ3n) is 2.57. The summed E-state index contributed by atoms with van der Waals surface area (Å²) in [5.41, 5.74) is 0. The van der Waals surface area contributed by atoms with Gasteiger partial charge in [-0.1, -0.05) is 39.1 Å². The predicted octanol–water partition coefficient (Wildman–Crippen LogP) is 3.33. The number of ether oxygens (including phenoxy) is 1. The Morgan fingerprint density at radius 3 is 2.33 bits per heavy atom. The highest BCUT2D eigenvalue weighted by molar-refractivity contribution is 9.10. The Morgan fingerprint density at radius 2 is 1.86 bits per heavy atom. The highest BCUT2D eigenvalue weighted by atomic mass is 79.9. The number of hydrogen-bond acceptors (Lipinski definition) is 4. The first kappa shape index (κ1) is 18.7. The lowest BCUT2D eigenvalue weighted by Gasteiger charge is -2.18. The van der Waals surface area contributed by atoms with Crippen LogP contribution < -0.4 is 0 Å². The zero-order chi connectivity index (χ0) is 16.2. The molecule has 0 radical (unpaired) electrons. The van der Waals surface area contributed by atoms with Gasteiger partial charge in [-0.3, -0.25) is 4.79 Å². The number of esters is 1. The number of carbonyl (C=O) groups is 1. The zero-order valence-electron chi connectivity index (χ0n) is 11.4. The molecule has 0 aromatic heterocycles. The van der Waals surface area contributed by atoms with Gasteiger partial charge in [-0.2, -0.15) is 0 Å². The molecule has 0 aliphatic rings. The summed E-state index contributed by atoms with van der Waals surface area (Å²) in [6.45, 7) is 1.91. The summed E-state index contributed by atoms with van der Waals surface area (Å²) in [6, 6.07) is 2.89. The highest BCUT2D eigenvalue weighted by Gasteiger charge is 2.27. The molecular formula is C12H14BrCl2NO4S. The zero-order valence-corrected chi connectivity index (χ0v) is 15.3. The second kappa shape index (κ2) is 7.78. The Labute approximate surface area is 142 Å². The first-order valence-electron chi connectivity index (χ1n) is 5.96. The van der Waals surface area contributed by atoms with Crippen LogP contribution in [0.3, 0.4) is 0 Å². The second-order valence-electron chi connectivity index (χ2n) is 4.08. The van der Waals surface area contributed by atoms with Crippen LogP contribution in [0.15, 0.2) is 21.5 Å². The van der Waals surface area contributed by atoms with Gasteiger partial charge in [0.05, 0.1) is 23.1 Å². The molecule has 0 aliphatic carbocycles. The Bertz CT molecular complexity index is 613. The van der Waals surface area contributed by atoms with E-state index in [-0.39, 0.29) is 34.5 Å². The van der Waals surface area contributed by atoms with Crippen molar-refractivity contribution in [1.82, 2.24) is 4.31 Å². The quantitative estimate of drug-likeness (QED) is 0.664. The van der Waals surface area contributed by atoms with Gasteiger partial charge in [0.15, 0.2) is 0 Å². The molecule has 0 unspecified atom stereocenters. The summed E-state index contributed by atoms with van der Waals surface area (Å²) >= 11 is 15.1. The van der Waals surface area contributed by atoms with E-state index in [4.69, 9.17) is 27.9 Å². The lowest BCUT2D eigenvalue weighted by atomic mass is 10.4. The topological polar surface area (TPSA) is 63.7 Å². The van der Waals surface area contributed by atoms with E-state index in [0.29, 0.717) is 4.47 Å². The molecule has 5 nitrogen and oxygen atoms in total. The van der Waals surface area contributed by atoms with Crippen LogP contribution >= 0.6 is 39.1 Å². The Balaban J connectivity index is 2.98. The Kier molecular flexibility index (Phi) is 6.93. The molecule has 0 amide bonds. The average molecular weight is 419 g/mol. The fraction of sp³-hybridized carbons (Fsp3) is 0.417. The van der Waals surface area contributed by atoms with Gasteiger partial charge in [0.2, 0.25) is 10.0 Å². The number of nitrogens with zero attached hydrogens (tertiary/aromatic N) is 1. The lowest BCUT2D eigenvalue weighted by molar-refractivity contribution is -0.143. The predicted molar refractivity (Wildman–Crippen MR) is 85.2 cm³/mol. The van der Waals surface area contributed by atoms with Gasteiger partial charge < -0.3 is 4.74 Å². The third kappa shape index (κ3) is 4.82. The van der Waals surface area contributed by atoms with Crippen molar-refractivity contribution in [3.05, 3.63) is 26.7 Å². The minimum absolute atomic E-state index is 0.0114. The van der Waals surface area contributed by atoms with Gasteiger partial charge >= 0.3 is 5.97 Å². The van der Waals surface area contributed by atoms with Gasteiger partial charge in [0, 0.05) is 18.1 Å². The van der Waals surface area contributed by atoms with Crippen LogP contribution in [-0.4, -0.2) is 38.9 Å². The van der Waals surface area contributed by atoms with Gasteiger partial charge in [0.25, 0.3) is 0 Å².